The molecule has 2 heterocycles. The summed E-state index contributed by atoms with van der Waals surface area (Å²) in [6.45, 7) is 0. The second-order valence-electron chi connectivity index (χ2n) is 8.05. The van der Waals surface area contributed by atoms with Gasteiger partial charge in [-0.2, -0.15) is 0 Å². The number of aromatic hydroxyl groups is 2. The Kier molecular flexibility index (Phi) is 5.37. The maximum Gasteiger partial charge on any atom is 0.343 e. The van der Waals surface area contributed by atoms with Crippen molar-refractivity contribution in [2.45, 2.75) is 18.8 Å². The highest BCUT2D eigenvalue weighted by Gasteiger charge is 2.26. The number of rotatable bonds is 5. The molecule has 0 atom stereocenters. The minimum absolute atomic E-state index is 0.0448. The summed E-state index contributed by atoms with van der Waals surface area (Å²) >= 11 is 0. The third kappa shape index (κ3) is 3.71. The van der Waals surface area contributed by atoms with E-state index in [0.29, 0.717) is 10.8 Å². The molecule has 0 radical (unpaired) electrons. The predicted octanol–water partition coefficient (Wildman–Crippen LogP) is 5.02. The fraction of sp³-hybridized carbons (Fsp3) is 0.111. The van der Waals surface area contributed by atoms with Crippen LogP contribution >= 0.6 is 0 Å². The van der Waals surface area contributed by atoms with Crippen LogP contribution in [-0.2, 0) is 12.8 Å². The molecule has 0 unspecified atom stereocenters. The number of benzene rings is 3. The first-order valence-electron chi connectivity index (χ1n) is 10.7. The minimum atomic E-state index is -0.786. The van der Waals surface area contributed by atoms with Crippen molar-refractivity contribution in [3.05, 3.63) is 116 Å². The largest absolute Gasteiger partial charge is 0.507 e. The van der Waals surface area contributed by atoms with Gasteiger partial charge in [0.25, 0.3) is 0 Å². The Morgan fingerprint density at radius 3 is 1.62 bits per heavy atom. The number of para-hydroxylation sites is 2. The fourth-order valence-electron chi connectivity index (χ4n) is 4.30. The van der Waals surface area contributed by atoms with Gasteiger partial charge in [0, 0.05) is 0 Å². The van der Waals surface area contributed by atoms with E-state index in [-0.39, 0.29) is 52.2 Å². The van der Waals surface area contributed by atoms with Gasteiger partial charge in [-0.15, -0.1) is 0 Å². The molecule has 34 heavy (non-hydrogen) atoms. The summed E-state index contributed by atoms with van der Waals surface area (Å²) in [5.41, 5.74) is -0.928. The molecule has 0 saturated carbocycles. The molecule has 0 fully saturated rings. The van der Waals surface area contributed by atoms with Crippen LogP contribution in [0.3, 0.4) is 0 Å². The van der Waals surface area contributed by atoms with E-state index in [4.69, 9.17) is 8.83 Å². The molecule has 6 nitrogen and oxygen atoms in total. The highest BCUT2D eigenvalue weighted by molar-refractivity contribution is 5.84. The van der Waals surface area contributed by atoms with Crippen LogP contribution in [0.2, 0.25) is 0 Å². The Hall–Kier alpha value is -4.39. The lowest BCUT2D eigenvalue weighted by molar-refractivity contribution is 0.440. The maximum atomic E-state index is 14.8. The number of fused-ring (bicyclic) bond motifs is 2. The Morgan fingerprint density at radius 2 is 1.12 bits per heavy atom. The van der Waals surface area contributed by atoms with E-state index in [1.54, 1.807) is 60.7 Å². The molecule has 0 aliphatic heterocycles. The van der Waals surface area contributed by atoms with Crippen LogP contribution in [0.1, 0.15) is 22.6 Å². The molecule has 0 amide bonds. The summed E-state index contributed by atoms with van der Waals surface area (Å²) in [6.07, 6.45) is -0.267. The first kappa shape index (κ1) is 21.5. The molecular weight excluding hydrogens is 439 g/mol. The highest BCUT2D eigenvalue weighted by Crippen LogP contribution is 2.35. The fourth-order valence-corrected chi connectivity index (χ4v) is 4.30. The maximum absolute atomic E-state index is 14.8. The topological polar surface area (TPSA) is 101 Å². The quantitative estimate of drug-likeness (QED) is 0.359. The summed E-state index contributed by atoms with van der Waals surface area (Å²) in [6, 6.07) is 19.1. The third-order valence-electron chi connectivity index (χ3n) is 6.00. The van der Waals surface area contributed by atoms with Crippen molar-refractivity contribution >= 4 is 21.9 Å². The molecule has 0 aliphatic rings. The van der Waals surface area contributed by atoms with Crippen LogP contribution in [-0.4, -0.2) is 10.2 Å². The van der Waals surface area contributed by atoms with Gasteiger partial charge in [0.05, 0.1) is 21.9 Å². The van der Waals surface area contributed by atoms with Crippen molar-refractivity contribution in [3.8, 4) is 11.5 Å². The van der Waals surface area contributed by atoms with Crippen LogP contribution in [0.5, 0.6) is 11.5 Å². The van der Waals surface area contributed by atoms with Crippen molar-refractivity contribution in [2.75, 3.05) is 0 Å². The second-order valence-corrected chi connectivity index (χ2v) is 8.05. The zero-order valence-corrected chi connectivity index (χ0v) is 17.8. The molecule has 2 aromatic heterocycles. The molecule has 3 aromatic carbocycles. The van der Waals surface area contributed by atoms with Gasteiger partial charge in [-0.3, -0.25) is 0 Å². The van der Waals surface area contributed by atoms with Gasteiger partial charge in [0.1, 0.15) is 28.5 Å². The minimum Gasteiger partial charge on any atom is -0.507 e. The van der Waals surface area contributed by atoms with E-state index in [2.05, 4.69) is 0 Å². The van der Waals surface area contributed by atoms with Gasteiger partial charge in [-0.1, -0.05) is 42.5 Å². The van der Waals surface area contributed by atoms with Gasteiger partial charge < -0.3 is 19.0 Å². The normalized spacial score (nSPS) is 11.5. The van der Waals surface area contributed by atoms with E-state index in [0.717, 1.165) is 0 Å². The van der Waals surface area contributed by atoms with E-state index < -0.39 is 23.0 Å². The number of hydrogen-bond acceptors (Lipinski definition) is 6. The number of hydrogen-bond donors (Lipinski definition) is 2. The molecule has 5 rings (SSSR count). The SMILES string of the molecule is O=c1oc2ccccc2c(O)c1CC(Cc1c(O)c2ccccc2oc1=O)c1ccccc1F. The molecule has 0 aliphatic carbocycles. The Morgan fingerprint density at radius 1 is 0.676 bits per heavy atom. The van der Waals surface area contributed by atoms with Gasteiger partial charge >= 0.3 is 11.3 Å². The molecule has 7 heteroatoms. The van der Waals surface area contributed by atoms with Crippen molar-refractivity contribution in [1.29, 1.82) is 0 Å². The standard InChI is InChI=1S/C27H19FO6/c28-21-10-4-1-7-16(21)15(13-19-24(29)17-8-2-5-11-22(17)33-26(19)31)14-20-25(30)18-9-3-6-12-23(18)34-27(20)32/h1-12,15,29-30H,13-14H2. The third-order valence-corrected chi connectivity index (χ3v) is 6.00. The summed E-state index contributed by atoms with van der Waals surface area (Å²) in [5, 5.41) is 22.3. The Balaban J connectivity index is 1.65. The predicted molar refractivity (Wildman–Crippen MR) is 125 cm³/mol. The Labute approximate surface area is 192 Å². The molecular formula is C27H19FO6. The molecule has 0 spiro atoms. The van der Waals surface area contributed by atoms with Crippen LogP contribution in [0.4, 0.5) is 4.39 Å². The lowest BCUT2D eigenvalue weighted by Crippen LogP contribution is -2.18. The summed E-state index contributed by atoms with van der Waals surface area (Å²) in [5.74, 6) is -1.85. The lowest BCUT2D eigenvalue weighted by atomic mass is 9.86. The monoisotopic (exact) mass is 458 g/mol. The van der Waals surface area contributed by atoms with Crippen LogP contribution in [0.15, 0.2) is 91.2 Å². The van der Waals surface area contributed by atoms with Crippen molar-refractivity contribution in [3.63, 3.8) is 0 Å². The van der Waals surface area contributed by atoms with Crippen molar-refractivity contribution in [2.24, 2.45) is 0 Å². The summed E-state index contributed by atoms with van der Waals surface area (Å²) < 4.78 is 25.5. The second kappa shape index (κ2) is 8.51. The molecule has 5 aromatic rings. The summed E-state index contributed by atoms with van der Waals surface area (Å²) in [7, 11) is 0. The molecule has 2 N–H and O–H groups in total. The Bertz CT molecular complexity index is 1550. The zero-order chi connectivity index (χ0) is 23.8. The first-order chi connectivity index (χ1) is 16.4. The van der Waals surface area contributed by atoms with Crippen LogP contribution in [0.25, 0.3) is 21.9 Å². The van der Waals surface area contributed by atoms with Gasteiger partial charge in [0.15, 0.2) is 0 Å². The van der Waals surface area contributed by atoms with E-state index in [9.17, 15) is 24.2 Å². The molecule has 170 valence electrons. The molecule has 0 saturated heterocycles. The van der Waals surface area contributed by atoms with Crippen LogP contribution in [0, 0.1) is 5.82 Å². The highest BCUT2D eigenvalue weighted by atomic mass is 19.1. The van der Waals surface area contributed by atoms with E-state index in [1.165, 1.54) is 12.1 Å². The van der Waals surface area contributed by atoms with Gasteiger partial charge in [-0.25, -0.2) is 14.0 Å². The first-order valence-corrected chi connectivity index (χ1v) is 10.7. The lowest BCUT2D eigenvalue weighted by Gasteiger charge is -2.19. The zero-order valence-electron chi connectivity index (χ0n) is 17.8. The van der Waals surface area contributed by atoms with E-state index in [1.807, 2.05) is 0 Å². The van der Waals surface area contributed by atoms with E-state index >= 15 is 0 Å². The van der Waals surface area contributed by atoms with Crippen LogP contribution < -0.4 is 11.3 Å². The van der Waals surface area contributed by atoms with Gasteiger partial charge in [0.2, 0.25) is 0 Å². The van der Waals surface area contributed by atoms with Crippen molar-refractivity contribution < 1.29 is 23.4 Å². The smallest absolute Gasteiger partial charge is 0.343 e. The average molecular weight is 458 g/mol. The molecule has 0 bridgehead atoms. The average Bonchev–Trinajstić information content (AvgIpc) is 2.83. The van der Waals surface area contributed by atoms with Gasteiger partial charge in [-0.05, 0) is 54.7 Å². The van der Waals surface area contributed by atoms with Crippen molar-refractivity contribution in [1.82, 2.24) is 0 Å². The summed E-state index contributed by atoms with van der Waals surface area (Å²) in [4.78, 5) is 25.4. The number of halogens is 1.